The van der Waals surface area contributed by atoms with E-state index in [0.717, 1.165) is 18.9 Å². The molecule has 2 heteroatoms. The van der Waals surface area contributed by atoms with Gasteiger partial charge in [-0.15, -0.1) is 0 Å². The van der Waals surface area contributed by atoms with Gasteiger partial charge in [-0.05, 0) is 37.8 Å². The van der Waals surface area contributed by atoms with Crippen LogP contribution >= 0.6 is 0 Å². The molecule has 0 aromatic carbocycles. The van der Waals surface area contributed by atoms with Crippen LogP contribution in [0.4, 0.5) is 5.82 Å². The molecule has 2 fully saturated rings. The molecular weight excluding hydrogens is 184 g/mol. The Hall–Kier alpha value is -1.31. The van der Waals surface area contributed by atoms with Crippen LogP contribution in [0, 0.1) is 0 Å². The molecule has 0 unspecified atom stereocenters. The number of pyridine rings is 1. The smallest absolute Gasteiger partial charge is 0.128 e. The minimum absolute atomic E-state index is 1.14. The van der Waals surface area contributed by atoms with Crippen LogP contribution < -0.4 is 4.90 Å². The molecule has 0 atom stereocenters. The zero-order valence-corrected chi connectivity index (χ0v) is 8.95. The average Bonchev–Trinajstić information content (AvgIpc) is 3.15. The van der Waals surface area contributed by atoms with Crippen molar-refractivity contribution in [2.45, 2.75) is 25.7 Å². The molecule has 2 aliphatic rings. The Kier molecular flexibility index (Phi) is 2.20. The number of piperidine rings is 1. The summed E-state index contributed by atoms with van der Waals surface area (Å²) >= 11 is 0. The van der Waals surface area contributed by atoms with Crippen LogP contribution in [0.25, 0.3) is 0 Å². The van der Waals surface area contributed by atoms with Crippen molar-refractivity contribution in [1.29, 1.82) is 0 Å². The maximum atomic E-state index is 4.40. The number of hydrogen-bond donors (Lipinski definition) is 0. The summed E-state index contributed by atoms with van der Waals surface area (Å²) in [6.07, 6.45) is 7.14. The number of allylic oxidation sites excluding steroid dienone is 1. The van der Waals surface area contributed by atoms with Crippen molar-refractivity contribution in [3.63, 3.8) is 0 Å². The first-order valence-corrected chi connectivity index (χ1v) is 5.79. The molecule has 0 spiro atoms. The van der Waals surface area contributed by atoms with E-state index in [4.69, 9.17) is 0 Å². The standard InChI is InChI=1S/C13H16N2/c1-2-8-14-13(3-1)15-9-6-12(7-10-15)11-4-5-11/h1-3,8H,4-7,9-10H2. The van der Waals surface area contributed by atoms with Gasteiger partial charge in [-0.25, -0.2) is 4.98 Å². The summed E-state index contributed by atoms with van der Waals surface area (Å²) in [5, 5.41) is 0. The zero-order chi connectivity index (χ0) is 10.1. The Labute approximate surface area is 90.6 Å². The number of anilines is 1. The van der Waals surface area contributed by atoms with Crippen LogP contribution in [0.5, 0.6) is 0 Å². The van der Waals surface area contributed by atoms with Crippen molar-refractivity contribution in [3.8, 4) is 0 Å². The summed E-state index contributed by atoms with van der Waals surface area (Å²) in [5.74, 6) is 1.14. The topological polar surface area (TPSA) is 16.1 Å². The highest BCUT2D eigenvalue weighted by Crippen LogP contribution is 2.36. The lowest BCUT2D eigenvalue weighted by Gasteiger charge is -2.29. The van der Waals surface area contributed by atoms with Crippen LogP contribution in [0.1, 0.15) is 25.7 Å². The molecule has 0 amide bonds. The number of rotatable bonds is 1. The Morgan fingerprint density at radius 1 is 0.933 bits per heavy atom. The minimum atomic E-state index is 1.14. The van der Waals surface area contributed by atoms with Gasteiger partial charge in [0.25, 0.3) is 0 Å². The fourth-order valence-electron chi connectivity index (χ4n) is 2.32. The Morgan fingerprint density at radius 2 is 1.67 bits per heavy atom. The van der Waals surface area contributed by atoms with E-state index < -0.39 is 0 Å². The first-order valence-electron chi connectivity index (χ1n) is 5.79. The van der Waals surface area contributed by atoms with Crippen molar-refractivity contribution in [2.75, 3.05) is 18.0 Å². The molecule has 1 aliphatic heterocycles. The highest BCUT2D eigenvalue weighted by molar-refractivity contribution is 5.40. The van der Waals surface area contributed by atoms with E-state index in [-0.39, 0.29) is 0 Å². The van der Waals surface area contributed by atoms with Crippen LogP contribution in [0.2, 0.25) is 0 Å². The van der Waals surface area contributed by atoms with Crippen molar-refractivity contribution < 1.29 is 0 Å². The molecule has 1 saturated carbocycles. The molecule has 1 saturated heterocycles. The lowest BCUT2D eigenvalue weighted by atomic mass is 10.0. The van der Waals surface area contributed by atoms with Gasteiger partial charge >= 0.3 is 0 Å². The van der Waals surface area contributed by atoms with Crippen LogP contribution in [0.3, 0.4) is 0 Å². The minimum Gasteiger partial charge on any atom is -0.356 e. The molecule has 2 heterocycles. The summed E-state index contributed by atoms with van der Waals surface area (Å²) in [6, 6.07) is 6.15. The van der Waals surface area contributed by atoms with Gasteiger partial charge in [0.05, 0.1) is 0 Å². The SMILES string of the molecule is c1ccc(N2CCC(=C3CC3)CC2)nc1. The van der Waals surface area contributed by atoms with Gasteiger partial charge in [0.2, 0.25) is 0 Å². The van der Waals surface area contributed by atoms with Crippen LogP contribution in [-0.4, -0.2) is 18.1 Å². The Bertz CT molecular complexity index is 365. The molecule has 78 valence electrons. The summed E-state index contributed by atoms with van der Waals surface area (Å²) in [7, 11) is 0. The van der Waals surface area contributed by atoms with Crippen molar-refractivity contribution >= 4 is 5.82 Å². The fourth-order valence-corrected chi connectivity index (χ4v) is 2.32. The second-order valence-electron chi connectivity index (χ2n) is 4.38. The van der Waals surface area contributed by atoms with Gasteiger partial charge < -0.3 is 4.90 Å². The third kappa shape index (κ3) is 1.89. The van der Waals surface area contributed by atoms with E-state index in [0.29, 0.717) is 0 Å². The van der Waals surface area contributed by atoms with Gasteiger partial charge in [0.1, 0.15) is 5.82 Å². The zero-order valence-electron chi connectivity index (χ0n) is 8.95. The van der Waals surface area contributed by atoms with Gasteiger partial charge in [0, 0.05) is 19.3 Å². The maximum Gasteiger partial charge on any atom is 0.128 e. The third-order valence-electron chi connectivity index (χ3n) is 3.34. The quantitative estimate of drug-likeness (QED) is 0.648. The second kappa shape index (κ2) is 3.69. The summed E-state index contributed by atoms with van der Waals surface area (Å²) < 4.78 is 0. The van der Waals surface area contributed by atoms with Crippen LogP contribution in [0.15, 0.2) is 35.5 Å². The first-order chi connectivity index (χ1) is 7.43. The van der Waals surface area contributed by atoms with Gasteiger partial charge in [-0.2, -0.15) is 0 Å². The van der Waals surface area contributed by atoms with Crippen molar-refractivity contribution in [1.82, 2.24) is 4.98 Å². The summed E-state index contributed by atoms with van der Waals surface area (Å²) in [5.41, 5.74) is 3.48. The molecule has 0 radical (unpaired) electrons. The summed E-state index contributed by atoms with van der Waals surface area (Å²) in [6.45, 7) is 2.30. The van der Waals surface area contributed by atoms with E-state index in [1.54, 1.807) is 11.1 Å². The molecule has 15 heavy (non-hydrogen) atoms. The highest BCUT2D eigenvalue weighted by atomic mass is 15.2. The maximum absolute atomic E-state index is 4.40. The van der Waals surface area contributed by atoms with E-state index in [9.17, 15) is 0 Å². The Balaban J connectivity index is 1.69. The average molecular weight is 200 g/mol. The molecule has 1 aromatic heterocycles. The van der Waals surface area contributed by atoms with E-state index in [1.807, 2.05) is 12.3 Å². The normalized spacial score (nSPS) is 20.7. The predicted octanol–water partition coefficient (Wildman–Crippen LogP) is 2.77. The van der Waals surface area contributed by atoms with E-state index in [1.165, 1.54) is 25.7 Å². The number of hydrogen-bond acceptors (Lipinski definition) is 2. The predicted molar refractivity (Wildman–Crippen MR) is 61.9 cm³/mol. The van der Waals surface area contributed by atoms with Crippen molar-refractivity contribution in [3.05, 3.63) is 35.5 Å². The van der Waals surface area contributed by atoms with E-state index >= 15 is 0 Å². The molecular formula is C13H16N2. The van der Waals surface area contributed by atoms with Gasteiger partial charge in [-0.1, -0.05) is 17.2 Å². The molecule has 3 rings (SSSR count). The first kappa shape index (κ1) is 8.96. The van der Waals surface area contributed by atoms with Gasteiger partial charge in [0.15, 0.2) is 0 Å². The number of nitrogens with zero attached hydrogens (tertiary/aromatic N) is 2. The molecule has 1 aliphatic carbocycles. The molecule has 0 N–H and O–H groups in total. The lowest BCUT2D eigenvalue weighted by Crippen LogP contribution is -2.31. The lowest BCUT2D eigenvalue weighted by molar-refractivity contribution is 0.674. The highest BCUT2D eigenvalue weighted by Gasteiger charge is 2.22. The van der Waals surface area contributed by atoms with E-state index in [2.05, 4.69) is 22.0 Å². The molecule has 1 aromatic rings. The van der Waals surface area contributed by atoms with Crippen LogP contribution in [-0.2, 0) is 0 Å². The monoisotopic (exact) mass is 200 g/mol. The number of aromatic nitrogens is 1. The van der Waals surface area contributed by atoms with Crippen molar-refractivity contribution in [2.24, 2.45) is 0 Å². The second-order valence-corrected chi connectivity index (χ2v) is 4.38. The fraction of sp³-hybridized carbons (Fsp3) is 0.462. The summed E-state index contributed by atoms with van der Waals surface area (Å²) in [4.78, 5) is 6.79. The largest absolute Gasteiger partial charge is 0.356 e. The van der Waals surface area contributed by atoms with Gasteiger partial charge in [-0.3, -0.25) is 0 Å². The molecule has 0 bridgehead atoms. The Morgan fingerprint density at radius 3 is 2.27 bits per heavy atom. The molecule has 2 nitrogen and oxygen atoms in total. The third-order valence-corrected chi connectivity index (χ3v) is 3.34.